The largest absolute Gasteiger partial charge is 0.378 e. The van der Waals surface area contributed by atoms with Gasteiger partial charge in [-0.15, -0.1) is 0 Å². The van der Waals surface area contributed by atoms with Crippen molar-refractivity contribution in [2.24, 2.45) is 5.92 Å². The van der Waals surface area contributed by atoms with Gasteiger partial charge < -0.3 is 15.0 Å². The Morgan fingerprint density at radius 2 is 2.04 bits per heavy atom. The summed E-state index contributed by atoms with van der Waals surface area (Å²) in [5.41, 5.74) is 0.285. The Morgan fingerprint density at radius 1 is 1.25 bits per heavy atom. The molecule has 6 heteroatoms. The van der Waals surface area contributed by atoms with Gasteiger partial charge in [0.25, 0.3) is 0 Å². The molecule has 0 aliphatic carbocycles. The molecule has 4 nitrogen and oxygen atoms in total. The number of carbonyl (C=O) groups is 1. The first-order chi connectivity index (χ1) is 11.6. The van der Waals surface area contributed by atoms with Crippen LogP contribution in [0.5, 0.6) is 0 Å². The molecule has 1 N–H and O–H groups in total. The molecule has 1 aromatic rings. The highest BCUT2D eigenvalue weighted by Crippen LogP contribution is 2.28. The van der Waals surface area contributed by atoms with Crippen molar-refractivity contribution in [3.63, 3.8) is 0 Å². The van der Waals surface area contributed by atoms with Gasteiger partial charge in [-0.3, -0.25) is 0 Å². The van der Waals surface area contributed by atoms with Crippen LogP contribution in [0.2, 0.25) is 0 Å². The van der Waals surface area contributed by atoms with Crippen LogP contribution < -0.4 is 5.32 Å². The summed E-state index contributed by atoms with van der Waals surface area (Å²) >= 11 is 0. The van der Waals surface area contributed by atoms with Gasteiger partial charge in [0, 0.05) is 26.2 Å². The van der Waals surface area contributed by atoms with Crippen LogP contribution in [-0.4, -0.2) is 43.3 Å². The van der Waals surface area contributed by atoms with E-state index in [9.17, 15) is 13.6 Å². The van der Waals surface area contributed by atoms with Crippen molar-refractivity contribution in [1.29, 1.82) is 0 Å². The van der Waals surface area contributed by atoms with Crippen molar-refractivity contribution in [3.05, 3.63) is 35.4 Å². The minimum atomic E-state index is -0.464. The molecule has 2 aliphatic rings. The number of ether oxygens (including phenoxy) is 1. The standard InChI is InChI=1S/C18H24F2N2O2/c19-15-3-4-16(20)14(12-15)5-8-21-18(23)22-9-6-13(7-10-22)17-2-1-11-24-17/h3-4,12-13,17H,1-2,5-11H2,(H,21,23). The lowest BCUT2D eigenvalue weighted by Crippen LogP contribution is -2.46. The minimum Gasteiger partial charge on any atom is -0.378 e. The van der Waals surface area contributed by atoms with Gasteiger partial charge in [0.2, 0.25) is 0 Å². The normalized spacial score (nSPS) is 21.9. The Labute approximate surface area is 141 Å². The van der Waals surface area contributed by atoms with Crippen molar-refractivity contribution >= 4 is 6.03 Å². The van der Waals surface area contributed by atoms with Crippen molar-refractivity contribution < 1.29 is 18.3 Å². The Balaban J connectivity index is 1.40. The van der Waals surface area contributed by atoms with Crippen LogP contribution in [0.4, 0.5) is 13.6 Å². The monoisotopic (exact) mass is 338 g/mol. The Bertz CT molecular complexity index is 568. The molecule has 1 unspecified atom stereocenters. The van der Waals surface area contributed by atoms with Crippen LogP contribution in [0.3, 0.4) is 0 Å². The van der Waals surface area contributed by atoms with E-state index in [1.165, 1.54) is 6.07 Å². The molecule has 0 spiro atoms. The number of urea groups is 1. The number of carbonyl (C=O) groups excluding carboxylic acids is 1. The third kappa shape index (κ3) is 4.23. The first-order valence-electron chi connectivity index (χ1n) is 8.72. The zero-order valence-corrected chi connectivity index (χ0v) is 13.8. The zero-order chi connectivity index (χ0) is 16.9. The molecule has 0 aromatic heterocycles. The quantitative estimate of drug-likeness (QED) is 0.916. The molecule has 1 atom stereocenters. The summed E-state index contributed by atoms with van der Waals surface area (Å²) in [5, 5.41) is 2.80. The minimum absolute atomic E-state index is 0.127. The van der Waals surface area contributed by atoms with E-state index in [1.807, 2.05) is 0 Å². The van der Waals surface area contributed by atoms with Gasteiger partial charge in [-0.2, -0.15) is 0 Å². The molecule has 2 saturated heterocycles. The number of likely N-dealkylation sites (tertiary alicyclic amines) is 1. The Morgan fingerprint density at radius 3 is 2.75 bits per heavy atom. The van der Waals surface area contributed by atoms with E-state index < -0.39 is 11.6 Å². The molecular weight excluding hydrogens is 314 g/mol. The van der Waals surface area contributed by atoms with Gasteiger partial charge in [0.05, 0.1) is 6.10 Å². The maximum absolute atomic E-state index is 13.5. The number of amides is 2. The SMILES string of the molecule is O=C(NCCc1cc(F)ccc1F)N1CCC(C2CCCO2)CC1. The molecule has 0 saturated carbocycles. The maximum atomic E-state index is 13.5. The fourth-order valence-electron chi connectivity index (χ4n) is 3.60. The summed E-state index contributed by atoms with van der Waals surface area (Å²) in [5.74, 6) is -0.352. The molecule has 2 fully saturated rings. The molecule has 2 amide bonds. The average Bonchev–Trinajstić information content (AvgIpc) is 3.12. The number of halogens is 2. The Hall–Kier alpha value is -1.69. The summed E-state index contributed by atoms with van der Waals surface area (Å²) in [6, 6.07) is 3.25. The predicted octanol–water partition coefficient (Wildman–Crippen LogP) is 3.11. The third-order valence-electron chi connectivity index (χ3n) is 5.00. The van der Waals surface area contributed by atoms with Gasteiger partial charge in [-0.05, 0) is 61.8 Å². The number of benzene rings is 1. The molecule has 0 bridgehead atoms. The topological polar surface area (TPSA) is 41.6 Å². The summed E-state index contributed by atoms with van der Waals surface area (Å²) in [7, 11) is 0. The summed E-state index contributed by atoms with van der Waals surface area (Å²) in [6.07, 6.45) is 4.86. The van der Waals surface area contributed by atoms with E-state index in [0.29, 0.717) is 18.6 Å². The lowest BCUT2D eigenvalue weighted by molar-refractivity contribution is 0.0372. The van der Waals surface area contributed by atoms with Gasteiger partial charge in [-0.1, -0.05) is 0 Å². The number of piperidine rings is 1. The van der Waals surface area contributed by atoms with Crippen molar-refractivity contribution in [1.82, 2.24) is 10.2 Å². The van der Waals surface area contributed by atoms with Crippen molar-refractivity contribution in [2.75, 3.05) is 26.2 Å². The molecule has 2 aliphatic heterocycles. The predicted molar refractivity (Wildman–Crippen MR) is 86.7 cm³/mol. The second-order valence-corrected chi connectivity index (χ2v) is 6.59. The molecule has 24 heavy (non-hydrogen) atoms. The van der Waals surface area contributed by atoms with Crippen LogP contribution in [0.25, 0.3) is 0 Å². The summed E-state index contributed by atoms with van der Waals surface area (Å²) in [4.78, 5) is 14.0. The van der Waals surface area contributed by atoms with Gasteiger partial charge in [0.15, 0.2) is 0 Å². The van der Waals surface area contributed by atoms with E-state index in [-0.39, 0.29) is 18.0 Å². The highest BCUT2D eigenvalue weighted by atomic mass is 19.1. The number of hydrogen-bond acceptors (Lipinski definition) is 2. The fraction of sp³-hybridized carbons (Fsp3) is 0.611. The molecular formula is C18H24F2N2O2. The van der Waals surface area contributed by atoms with Crippen molar-refractivity contribution in [2.45, 2.75) is 38.2 Å². The summed E-state index contributed by atoms with van der Waals surface area (Å²) < 4.78 is 32.4. The number of nitrogens with zero attached hydrogens (tertiary/aromatic N) is 1. The van der Waals surface area contributed by atoms with Gasteiger partial charge in [-0.25, -0.2) is 13.6 Å². The second-order valence-electron chi connectivity index (χ2n) is 6.59. The van der Waals surface area contributed by atoms with E-state index in [0.717, 1.165) is 57.5 Å². The first kappa shape index (κ1) is 17.1. The Kier molecular flexibility index (Phi) is 5.66. The zero-order valence-electron chi connectivity index (χ0n) is 13.8. The lowest BCUT2D eigenvalue weighted by atomic mass is 9.90. The maximum Gasteiger partial charge on any atom is 0.317 e. The molecule has 0 radical (unpaired) electrons. The average molecular weight is 338 g/mol. The molecule has 2 heterocycles. The first-order valence-corrected chi connectivity index (χ1v) is 8.72. The number of hydrogen-bond donors (Lipinski definition) is 1. The van der Waals surface area contributed by atoms with Crippen LogP contribution in [0.15, 0.2) is 18.2 Å². The van der Waals surface area contributed by atoms with Crippen LogP contribution in [0, 0.1) is 17.6 Å². The summed E-state index contributed by atoms with van der Waals surface area (Å²) in [6.45, 7) is 2.61. The molecule has 132 valence electrons. The smallest absolute Gasteiger partial charge is 0.317 e. The number of nitrogens with one attached hydrogen (secondary N) is 1. The van der Waals surface area contributed by atoms with Gasteiger partial charge in [0.1, 0.15) is 11.6 Å². The third-order valence-corrected chi connectivity index (χ3v) is 5.00. The number of rotatable bonds is 4. The van der Waals surface area contributed by atoms with Gasteiger partial charge >= 0.3 is 6.03 Å². The van der Waals surface area contributed by atoms with E-state index >= 15 is 0 Å². The molecule has 3 rings (SSSR count). The van der Waals surface area contributed by atoms with E-state index in [1.54, 1.807) is 4.90 Å². The van der Waals surface area contributed by atoms with Crippen LogP contribution in [-0.2, 0) is 11.2 Å². The second kappa shape index (κ2) is 7.92. The highest BCUT2D eigenvalue weighted by Gasteiger charge is 2.30. The van der Waals surface area contributed by atoms with Crippen molar-refractivity contribution in [3.8, 4) is 0 Å². The van der Waals surface area contributed by atoms with Crippen LogP contribution in [0.1, 0.15) is 31.2 Å². The lowest BCUT2D eigenvalue weighted by Gasteiger charge is -2.34. The van der Waals surface area contributed by atoms with E-state index in [2.05, 4.69) is 5.32 Å². The van der Waals surface area contributed by atoms with Crippen LogP contribution >= 0.6 is 0 Å². The highest BCUT2D eigenvalue weighted by molar-refractivity contribution is 5.74. The fourth-order valence-corrected chi connectivity index (χ4v) is 3.60. The molecule has 1 aromatic carbocycles. The van der Waals surface area contributed by atoms with E-state index in [4.69, 9.17) is 4.74 Å².